The zero-order valence-corrected chi connectivity index (χ0v) is 11.5. The Bertz CT molecular complexity index is 531. The van der Waals surface area contributed by atoms with E-state index in [2.05, 4.69) is 0 Å². The summed E-state index contributed by atoms with van der Waals surface area (Å²) in [7, 11) is 0. The van der Waals surface area contributed by atoms with Crippen LogP contribution < -0.4 is 0 Å². The van der Waals surface area contributed by atoms with Crippen molar-refractivity contribution in [3.63, 3.8) is 0 Å². The normalized spacial score (nSPS) is 10.4. The van der Waals surface area contributed by atoms with Gasteiger partial charge in [0, 0.05) is 18.7 Å². The van der Waals surface area contributed by atoms with Gasteiger partial charge in [-0.15, -0.1) is 0 Å². The molecule has 0 aliphatic heterocycles. The van der Waals surface area contributed by atoms with Crippen molar-refractivity contribution in [2.75, 3.05) is 13.1 Å². The Kier molecular flexibility index (Phi) is 6.57. The summed E-state index contributed by atoms with van der Waals surface area (Å²) >= 11 is 0. The fourth-order valence-electron chi connectivity index (χ4n) is 1.80. The average molecular weight is 267 g/mol. The maximum Gasteiger partial charge on any atom is 0.249 e. The molecule has 20 heavy (non-hydrogen) atoms. The van der Waals surface area contributed by atoms with E-state index in [1.54, 1.807) is 11.8 Å². The van der Waals surface area contributed by atoms with Crippen LogP contribution in [-0.4, -0.2) is 23.9 Å². The minimum Gasteiger partial charge on any atom is -0.337 e. The highest BCUT2D eigenvalue weighted by Crippen LogP contribution is 2.10. The SMILES string of the molecule is CC(=Cc1ccccc1)C(=O)N(CCC#N)CCC#N. The van der Waals surface area contributed by atoms with Crippen molar-refractivity contribution in [2.45, 2.75) is 19.8 Å². The molecule has 102 valence electrons. The predicted molar refractivity (Wildman–Crippen MR) is 77.1 cm³/mol. The van der Waals surface area contributed by atoms with Crippen molar-refractivity contribution >= 4 is 12.0 Å². The largest absolute Gasteiger partial charge is 0.337 e. The van der Waals surface area contributed by atoms with Crippen molar-refractivity contribution in [1.82, 2.24) is 4.90 Å². The zero-order valence-electron chi connectivity index (χ0n) is 11.5. The van der Waals surface area contributed by atoms with Gasteiger partial charge >= 0.3 is 0 Å². The lowest BCUT2D eigenvalue weighted by molar-refractivity contribution is -0.126. The Labute approximate surface area is 119 Å². The van der Waals surface area contributed by atoms with E-state index in [-0.39, 0.29) is 18.7 Å². The van der Waals surface area contributed by atoms with Gasteiger partial charge in [-0.1, -0.05) is 30.3 Å². The molecule has 1 aromatic carbocycles. The summed E-state index contributed by atoms with van der Waals surface area (Å²) in [6.07, 6.45) is 2.36. The number of hydrogen-bond acceptors (Lipinski definition) is 3. The molecular formula is C16H17N3O. The molecule has 4 heteroatoms. The highest BCUT2D eigenvalue weighted by atomic mass is 16.2. The standard InChI is InChI=1S/C16H17N3O/c1-14(13-15-7-3-2-4-8-15)16(20)19(11-5-9-17)12-6-10-18/h2-4,7-8,13H,5-6,11-12H2,1H3. The smallest absolute Gasteiger partial charge is 0.249 e. The summed E-state index contributed by atoms with van der Waals surface area (Å²) in [6, 6.07) is 13.6. The molecule has 4 nitrogen and oxygen atoms in total. The molecule has 0 radical (unpaired) electrons. The fraction of sp³-hybridized carbons (Fsp3) is 0.312. The monoisotopic (exact) mass is 267 g/mol. The second-order valence-electron chi connectivity index (χ2n) is 4.35. The third-order valence-corrected chi connectivity index (χ3v) is 2.79. The van der Waals surface area contributed by atoms with E-state index in [1.807, 2.05) is 48.5 Å². The predicted octanol–water partition coefficient (Wildman–Crippen LogP) is 2.75. The first kappa shape index (κ1) is 15.5. The van der Waals surface area contributed by atoms with E-state index >= 15 is 0 Å². The van der Waals surface area contributed by atoms with Crippen LogP contribution in [0.1, 0.15) is 25.3 Å². The quantitative estimate of drug-likeness (QED) is 0.744. The number of hydrogen-bond donors (Lipinski definition) is 0. The van der Waals surface area contributed by atoms with Crippen LogP contribution >= 0.6 is 0 Å². The molecule has 0 heterocycles. The lowest BCUT2D eigenvalue weighted by Gasteiger charge is -2.20. The molecule has 0 unspecified atom stereocenters. The summed E-state index contributed by atoms with van der Waals surface area (Å²) in [4.78, 5) is 13.9. The first-order valence-corrected chi connectivity index (χ1v) is 6.45. The first-order valence-electron chi connectivity index (χ1n) is 6.45. The van der Waals surface area contributed by atoms with Crippen molar-refractivity contribution in [3.05, 3.63) is 41.5 Å². The van der Waals surface area contributed by atoms with E-state index < -0.39 is 0 Å². The summed E-state index contributed by atoms with van der Waals surface area (Å²) in [5, 5.41) is 17.3. The Hall–Kier alpha value is -2.59. The number of rotatable bonds is 6. The van der Waals surface area contributed by atoms with Gasteiger partial charge in [-0.3, -0.25) is 4.79 Å². The molecule has 1 rings (SSSR count). The average Bonchev–Trinajstić information content (AvgIpc) is 2.48. The second-order valence-corrected chi connectivity index (χ2v) is 4.35. The molecule has 0 N–H and O–H groups in total. The van der Waals surface area contributed by atoms with E-state index in [4.69, 9.17) is 10.5 Å². The summed E-state index contributed by atoms with van der Waals surface area (Å²) in [6.45, 7) is 2.47. The second kappa shape index (κ2) is 8.50. The number of nitrogens with zero attached hydrogens (tertiary/aromatic N) is 3. The van der Waals surface area contributed by atoms with E-state index in [0.717, 1.165) is 5.56 Å². The minimum atomic E-state index is -0.126. The van der Waals surface area contributed by atoms with Crippen molar-refractivity contribution < 1.29 is 4.79 Å². The van der Waals surface area contributed by atoms with Gasteiger partial charge in [0.05, 0.1) is 25.0 Å². The molecular weight excluding hydrogens is 250 g/mol. The lowest BCUT2D eigenvalue weighted by atomic mass is 10.1. The van der Waals surface area contributed by atoms with E-state index in [0.29, 0.717) is 18.7 Å². The van der Waals surface area contributed by atoms with Crippen molar-refractivity contribution in [1.29, 1.82) is 10.5 Å². The van der Waals surface area contributed by atoms with E-state index in [1.165, 1.54) is 0 Å². The maximum absolute atomic E-state index is 12.3. The van der Waals surface area contributed by atoms with Gasteiger partial charge in [0.2, 0.25) is 5.91 Å². The van der Waals surface area contributed by atoms with Gasteiger partial charge in [-0.05, 0) is 18.6 Å². The third kappa shape index (κ3) is 4.96. The number of nitriles is 2. The molecule has 0 aliphatic rings. The number of carbonyl (C=O) groups excluding carboxylic acids is 1. The van der Waals surface area contributed by atoms with Crippen LogP contribution in [0.25, 0.3) is 6.08 Å². The van der Waals surface area contributed by atoms with Crippen molar-refractivity contribution in [3.8, 4) is 12.1 Å². The third-order valence-electron chi connectivity index (χ3n) is 2.79. The van der Waals surface area contributed by atoms with Crippen LogP contribution in [0.3, 0.4) is 0 Å². The number of benzene rings is 1. The highest BCUT2D eigenvalue weighted by Gasteiger charge is 2.14. The topological polar surface area (TPSA) is 67.9 Å². The summed E-state index contributed by atoms with van der Waals surface area (Å²) in [5.41, 5.74) is 1.56. The lowest BCUT2D eigenvalue weighted by Crippen LogP contribution is -2.33. The highest BCUT2D eigenvalue weighted by molar-refractivity contribution is 5.97. The molecule has 0 atom stereocenters. The molecule has 1 amide bonds. The molecule has 0 saturated heterocycles. The van der Waals surface area contributed by atoms with Crippen LogP contribution in [0.15, 0.2) is 35.9 Å². The Morgan fingerprint density at radius 2 is 1.70 bits per heavy atom. The van der Waals surface area contributed by atoms with Gasteiger partial charge in [0.15, 0.2) is 0 Å². The summed E-state index contributed by atoms with van der Waals surface area (Å²) in [5.74, 6) is -0.126. The maximum atomic E-state index is 12.3. The molecule has 1 aromatic rings. The molecule has 0 fully saturated rings. The molecule has 0 aromatic heterocycles. The van der Waals surface area contributed by atoms with Gasteiger partial charge in [-0.25, -0.2) is 0 Å². The van der Waals surface area contributed by atoms with Gasteiger partial charge in [-0.2, -0.15) is 10.5 Å². The molecule has 0 aliphatic carbocycles. The van der Waals surface area contributed by atoms with Gasteiger partial charge < -0.3 is 4.90 Å². The Balaban J connectivity index is 2.80. The minimum absolute atomic E-state index is 0.126. The van der Waals surface area contributed by atoms with Crippen LogP contribution in [0.2, 0.25) is 0 Å². The van der Waals surface area contributed by atoms with Crippen LogP contribution in [0.5, 0.6) is 0 Å². The molecule has 0 bridgehead atoms. The number of carbonyl (C=O) groups is 1. The Morgan fingerprint density at radius 1 is 1.15 bits per heavy atom. The van der Waals surface area contributed by atoms with Crippen molar-refractivity contribution in [2.24, 2.45) is 0 Å². The van der Waals surface area contributed by atoms with Crippen LogP contribution in [0, 0.1) is 22.7 Å². The number of amides is 1. The van der Waals surface area contributed by atoms with Crippen LogP contribution in [0.4, 0.5) is 0 Å². The molecule has 0 spiro atoms. The van der Waals surface area contributed by atoms with Gasteiger partial charge in [0.25, 0.3) is 0 Å². The molecule has 0 saturated carbocycles. The van der Waals surface area contributed by atoms with E-state index in [9.17, 15) is 4.79 Å². The zero-order chi connectivity index (χ0) is 14.8. The first-order chi connectivity index (χ1) is 9.69. The van der Waals surface area contributed by atoms with Gasteiger partial charge in [0.1, 0.15) is 0 Å². The van der Waals surface area contributed by atoms with Crippen LogP contribution in [-0.2, 0) is 4.79 Å². The fourth-order valence-corrected chi connectivity index (χ4v) is 1.80. The summed E-state index contributed by atoms with van der Waals surface area (Å²) < 4.78 is 0. The Morgan fingerprint density at radius 3 is 2.20 bits per heavy atom.